The van der Waals surface area contributed by atoms with Crippen LogP contribution in [0.25, 0.3) is 10.8 Å². The van der Waals surface area contributed by atoms with Crippen LogP contribution in [0.1, 0.15) is 12.8 Å². The molecule has 0 unspecified atom stereocenters. The van der Waals surface area contributed by atoms with Crippen LogP contribution in [0.15, 0.2) is 59.5 Å². The standard InChI is InChI=1S/C23H27N5O3S/c29-32(30,21-8-7-18-4-1-2-5-19(18)16-21)28-13-11-27(12-14-28)23-10-9-22(25-26-23)24-17-20-6-3-15-31-20/h1-2,4-5,7-10,16,20H,3,6,11-15,17H2,(H,24,25)/t20-/m1/s1. The first kappa shape index (κ1) is 21.1. The van der Waals surface area contributed by atoms with Crippen LogP contribution >= 0.6 is 0 Å². The molecule has 3 aromatic rings. The third kappa shape index (κ3) is 4.41. The number of nitrogens with one attached hydrogen (secondary N) is 1. The lowest BCUT2D eigenvalue weighted by molar-refractivity contribution is 0.120. The second kappa shape index (κ2) is 9.01. The zero-order chi connectivity index (χ0) is 22.0. The van der Waals surface area contributed by atoms with E-state index in [4.69, 9.17) is 4.74 Å². The van der Waals surface area contributed by atoms with Crippen molar-refractivity contribution in [3.05, 3.63) is 54.6 Å². The summed E-state index contributed by atoms with van der Waals surface area (Å²) in [5.74, 6) is 1.48. The predicted octanol–water partition coefficient (Wildman–Crippen LogP) is 2.73. The Morgan fingerprint density at radius 3 is 2.50 bits per heavy atom. The SMILES string of the molecule is O=S(=O)(c1ccc2ccccc2c1)N1CCN(c2ccc(NC[C@H]3CCCO3)nn2)CC1. The van der Waals surface area contributed by atoms with Crippen molar-refractivity contribution < 1.29 is 13.2 Å². The highest BCUT2D eigenvalue weighted by atomic mass is 32.2. The van der Waals surface area contributed by atoms with Crippen LogP contribution in [0, 0.1) is 0 Å². The van der Waals surface area contributed by atoms with Crippen molar-refractivity contribution in [1.82, 2.24) is 14.5 Å². The summed E-state index contributed by atoms with van der Waals surface area (Å²) in [4.78, 5) is 2.41. The van der Waals surface area contributed by atoms with Gasteiger partial charge in [-0.15, -0.1) is 10.2 Å². The Morgan fingerprint density at radius 2 is 1.78 bits per heavy atom. The maximum absolute atomic E-state index is 13.2. The predicted molar refractivity (Wildman–Crippen MR) is 124 cm³/mol. The third-order valence-electron chi connectivity index (χ3n) is 6.11. The molecule has 1 atom stereocenters. The molecule has 3 heterocycles. The summed E-state index contributed by atoms with van der Waals surface area (Å²) in [6.07, 6.45) is 2.43. The van der Waals surface area contributed by atoms with Gasteiger partial charge in [0.1, 0.15) is 5.82 Å². The second-order valence-corrected chi connectivity index (χ2v) is 10.1. The highest BCUT2D eigenvalue weighted by molar-refractivity contribution is 7.89. The number of ether oxygens (including phenoxy) is 1. The van der Waals surface area contributed by atoms with Crippen LogP contribution < -0.4 is 10.2 Å². The van der Waals surface area contributed by atoms with Crippen LogP contribution in [0.5, 0.6) is 0 Å². The Labute approximate surface area is 188 Å². The fourth-order valence-corrected chi connectivity index (χ4v) is 5.70. The Bertz CT molecular complexity index is 1170. The summed E-state index contributed by atoms with van der Waals surface area (Å²) in [5.41, 5.74) is 0. The average molecular weight is 454 g/mol. The number of rotatable bonds is 6. The molecule has 32 heavy (non-hydrogen) atoms. The molecule has 2 saturated heterocycles. The van der Waals surface area contributed by atoms with Crippen molar-refractivity contribution in [3.8, 4) is 0 Å². The molecule has 5 rings (SSSR count). The van der Waals surface area contributed by atoms with Gasteiger partial charge in [-0.2, -0.15) is 4.31 Å². The summed E-state index contributed by atoms with van der Waals surface area (Å²) in [7, 11) is -3.53. The third-order valence-corrected chi connectivity index (χ3v) is 8.00. The van der Waals surface area contributed by atoms with E-state index in [2.05, 4.69) is 20.4 Å². The molecule has 0 radical (unpaired) electrons. The van der Waals surface area contributed by atoms with E-state index >= 15 is 0 Å². The van der Waals surface area contributed by atoms with Gasteiger partial charge in [0.25, 0.3) is 0 Å². The quantitative estimate of drug-likeness (QED) is 0.614. The molecular formula is C23H27N5O3S. The highest BCUT2D eigenvalue weighted by Gasteiger charge is 2.29. The topological polar surface area (TPSA) is 87.7 Å². The van der Waals surface area contributed by atoms with Crippen LogP contribution in [0.2, 0.25) is 0 Å². The Hall–Kier alpha value is -2.75. The van der Waals surface area contributed by atoms with Crippen LogP contribution in [0.4, 0.5) is 11.6 Å². The van der Waals surface area contributed by atoms with Crippen molar-refractivity contribution in [2.24, 2.45) is 0 Å². The molecular weight excluding hydrogens is 426 g/mol. The molecule has 2 fully saturated rings. The van der Waals surface area contributed by atoms with Gasteiger partial charge in [-0.05, 0) is 47.9 Å². The van der Waals surface area contributed by atoms with Crippen molar-refractivity contribution >= 4 is 32.4 Å². The van der Waals surface area contributed by atoms with E-state index in [-0.39, 0.29) is 6.10 Å². The first-order valence-corrected chi connectivity index (χ1v) is 12.5. The first-order chi connectivity index (χ1) is 15.6. The van der Waals surface area contributed by atoms with E-state index in [1.165, 1.54) is 0 Å². The molecule has 2 aromatic carbocycles. The monoisotopic (exact) mass is 453 g/mol. The first-order valence-electron chi connectivity index (χ1n) is 11.0. The van der Waals surface area contributed by atoms with E-state index < -0.39 is 10.0 Å². The number of benzene rings is 2. The molecule has 1 aromatic heterocycles. The van der Waals surface area contributed by atoms with E-state index in [1.54, 1.807) is 16.4 Å². The lowest BCUT2D eigenvalue weighted by atomic mass is 10.1. The fourth-order valence-electron chi connectivity index (χ4n) is 4.25. The van der Waals surface area contributed by atoms with E-state index in [1.807, 2.05) is 42.5 Å². The van der Waals surface area contributed by atoms with Gasteiger partial charge in [0.05, 0.1) is 11.0 Å². The number of nitrogens with zero attached hydrogens (tertiary/aromatic N) is 4. The normalized spacial score (nSPS) is 20.0. The number of sulfonamides is 1. The molecule has 0 aliphatic carbocycles. The zero-order valence-corrected chi connectivity index (χ0v) is 18.7. The van der Waals surface area contributed by atoms with Gasteiger partial charge in [-0.1, -0.05) is 30.3 Å². The molecule has 0 amide bonds. The van der Waals surface area contributed by atoms with Crippen LogP contribution in [-0.4, -0.2) is 68.4 Å². The minimum Gasteiger partial charge on any atom is -0.376 e. The summed E-state index contributed by atoms with van der Waals surface area (Å²) < 4.78 is 33.5. The minimum absolute atomic E-state index is 0.245. The number of aromatic nitrogens is 2. The fraction of sp³-hybridized carbons (Fsp3) is 0.391. The summed E-state index contributed by atoms with van der Waals surface area (Å²) in [6.45, 7) is 3.54. The Balaban J connectivity index is 1.20. The van der Waals surface area contributed by atoms with Gasteiger partial charge in [-0.25, -0.2) is 8.42 Å². The Morgan fingerprint density at radius 1 is 0.969 bits per heavy atom. The maximum atomic E-state index is 13.2. The lowest BCUT2D eigenvalue weighted by Gasteiger charge is -2.34. The number of hydrogen-bond acceptors (Lipinski definition) is 7. The number of piperazine rings is 1. The molecule has 2 aliphatic heterocycles. The van der Waals surface area contributed by atoms with Crippen molar-refractivity contribution in [1.29, 1.82) is 0 Å². The molecule has 1 N–H and O–H groups in total. The van der Waals surface area contributed by atoms with Crippen molar-refractivity contribution in [2.75, 3.05) is 49.5 Å². The van der Waals surface area contributed by atoms with Crippen molar-refractivity contribution in [3.63, 3.8) is 0 Å². The molecule has 0 spiro atoms. The largest absolute Gasteiger partial charge is 0.376 e. The van der Waals surface area contributed by atoms with Crippen molar-refractivity contribution in [2.45, 2.75) is 23.8 Å². The van der Waals surface area contributed by atoms with E-state index in [9.17, 15) is 8.42 Å². The molecule has 2 aliphatic rings. The summed E-state index contributed by atoms with van der Waals surface area (Å²) in [5, 5.41) is 13.8. The summed E-state index contributed by atoms with van der Waals surface area (Å²) >= 11 is 0. The lowest BCUT2D eigenvalue weighted by Crippen LogP contribution is -2.49. The molecule has 168 valence electrons. The Kier molecular flexibility index (Phi) is 5.95. The van der Waals surface area contributed by atoms with E-state index in [0.717, 1.165) is 48.4 Å². The zero-order valence-electron chi connectivity index (χ0n) is 17.9. The highest BCUT2D eigenvalue weighted by Crippen LogP contribution is 2.24. The van der Waals surface area contributed by atoms with Gasteiger partial charge in [0.15, 0.2) is 5.82 Å². The van der Waals surface area contributed by atoms with Gasteiger partial charge in [0, 0.05) is 39.3 Å². The summed E-state index contributed by atoms with van der Waals surface area (Å²) in [6, 6.07) is 16.9. The molecule has 9 heteroatoms. The number of hydrogen-bond donors (Lipinski definition) is 1. The maximum Gasteiger partial charge on any atom is 0.243 e. The second-order valence-electron chi connectivity index (χ2n) is 8.19. The minimum atomic E-state index is -3.53. The molecule has 0 bridgehead atoms. The smallest absolute Gasteiger partial charge is 0.243 e. The average Bonchev–Trinajstić information content (AvgIpc) is 3.37. The molecule has 0 saturated carbocycles. The molecule has 8 nitrogen and oxygen atoms in total. The van der Waals surface area contributed by atoms with Gasteiger partial charge < -0.3 is 15.0 Å². The van der Waals surface area contributed by atoms with Gasteiger partial charge >= 0.3 is 0 Å². The number of anilines is 2. The van der Waals surface area contributed by atoms with Gasteiger partial charge in [-0.3, -0.25) is 0 Å². The van der Waals surface area contributed by atoms with Gasteiger partial charge in [0.2, 0.25) is 10.0 Å². The van der Waals surface area contributed by atoms with Crippen LogP contribution in [-0.2, 0) is 14.8 Å². The van der Waals surface area contributed by atoms with Crippen LogP contribution in [0.3, 0.4) is 0 Å². The van der Waals surface area contributed by atoms with E-state index in [0.29, 0.717) is 31.1 Å². The number of fused-ring (bicyclic) bond motifs is 1.